The van der Waals surface area contributed by atoms with Crippen molar-refractivity contribution in [2.45, 2.75) is 19.1 Å². The number of carbonyl (C=O) groups excluding carboxylic acids is 1. The molecule has 1 amide bonds. The summed E-state index contributed by atoms with van der Waals surface area (Å²) < 4.78 is 54.1. The zero-order valence-electron chi connectivity index (χ0n) is 17.7. The van der Waals surface area contributed by atoms with Crippen LogP contribution in [-0.2, 0) is 24.8 Å². The average Bonchev–Trinajstić information content (AvgIpc) is 3.18. The number of nitrogens with one attached hydrogen (secondary N) is 1. The second kappa shape index (κ2) is 9.14. The Morgan fingerprint density at radius 2 is 2.06 bits per heavy atom. The van der Waals surface area contributed by atoms with Crippen LogP contribution >= 0.6 is 0 Å². The van der Waals surface area contributed by atoms with Crippen molar-refractivity contribution in [1.29, 1.82) is 0 Å². The Morgan fingerprint density at radius 1 is 1.24 bits per heavy atom. The van der Waals surface area contributed by atoms with Gasteiger partial charge in [0, 0.05) is 55.9 Å². The Kier molecular flexibility index (Phi) is 6.28. The maximum absolute atomic E-state index is 14.6. The molecule has 0 saturated carbocycles. The molecule has 172 valence electrons. The number of aryl methyl sites for hydroxylation is 1. The quantitative estimate of drug-likeness (QED) is 0.459. The highest BCUT2D eigenvalue weighted by Gasteiger charge is 2.32. The lowest BCUT2D eigenvalue weighted by atomic mass is 9.98. The lowest BCUT2D eigenvalue weighted by molar-refractivity contribution is -0.147. The van der Waals surface area contributed by atoms with Gasteiger partial charge in [0.2, 0.25) is 5.91 Å². The van der Waals surface area contributed by atoms with Crippen LogP contribution in [0.15, 0.2) is 49.1 Å². The molecule has 0 aliphatic carbocycles. The van der Waals surface area contributed by atoms with Crippen molar-refractivity contribution in [3.63, 3.8) is 0 Å². The molecule has 6 nitrogen and oxygen atoms in total. The van der Waals surface area contributed by atoms with Crippen molar-refractivity contribution in [3.8, 4) is 11.1 Å². The number of fused-ring (bicyclic) bond motifs is 1. The minimum atomic E-state index is -4.30. The average molecular weight is 459 g/mol. The fourth-order valence-corrected chi connectivity index (χ4v) is 3.82. The number of alkyl halides is 3. The second-order valence-electron chi connectivity index (χ2n) is 7.86. The van der Waals surface area contributed by atoms with Gasteiger partial charge in [-0.1, -0.05) is 0 Å². The number of nitrogens with zero attached hydrogens (tertiary/aromatic N) is 4. The van der Waals surface area contributed by atoms with Crippen LogP contribution in [0.3, 0.4) is 0 Å². The summed E-state index contributed by atoms with van der Waals surface area (Å²) in [6.45, 7) is -0.811. The van der Waals surface area contributed by atoms with Crippen molar-refractivity contribution < 1.29 is 22.4 Å². The molecular formula is C23H21F4N5O. The molecule has 0 unspecified atom stereocenters. The number of benzene rings is 1. The highest BCUT2D eigenvalue weighted by atomic mass is 19.4. The molecule has 1 aliphatic heterocycles. The van der Waals surface area contributed by atoms with Crippen LogP contribution in [0.1, 0.15) is 16.7 Å². The van der Waals surface area contributed by atoms with Gasteiger partial charge in [0.1, 0.15) is 5.82 Å². The minimum absolute atomic E-state index is 0.00802. The third-order valence-electron chi connectivity index (χ3n) is 5.32. The number of hydrogen-bond donors (Lipinski definition) is 1. The molecule has 1 aliphatic rings. The summed E-state index contributed by atoms with van der Waals surface area (Å²) in [6, 6.07) is 4.49. The van der Waals surface area contributed by atoms with Gasteiger partial charge in [-0.3, -0.25) is 19.4 Å². The highest BCUT2D eigenvalue weighted by Crippen LogP contribution is 2.28. The molecular weight excluding hydrogens is 438 g/mol. The van der Waals surface area contributed by atoms with E-state index in [0.717, 1.165) is 16.7 Å². The molecule has 1 N–H and O–H groups in total. The first-order valence-corrected chi connectivity index (χ1v) is 10.2. The SMILES string of the molecule is Cn1cc(-c2ccncc2C=CC(=O)Nc2cc3c(cc2F)CN(CC(F)(F)F)CC3)cn1. The van der Waals surface area contributed by atoms with Crippen molar-refractivity contribution >= 4 is 17.7 Å². The van der Waals surface area contributed by atoms with E-state index in [1.165, 1.54) is 23.1 Å². The highest BCUT2D eigenvalue weighted by molar-refractivity contribution is 6.02. The molecule has 0 saturated heterocycles. The number of hydrogen-bond acceptors (Lipinski definition) is 4. The summed E-state index contributed by atoms with van der Waals surface area (Å²) >= 11 is 0. The van der Waals surface area contributed by atoms with E-state index in [-0.39, 0.29) is 18.8 Å². The lowest BCUT2D eigenvalue weighted by Gasteiger charge is -2.29. The van der Waals surface area contributed by atoms with Crippen molar-refractivity contribution in [2.24, 2.45) is 7.05 Å². The summed E-state index contributed by atoms with van der Waals surface area (Å²) in [5.74, 6) is -1.23. The predicted molar refractivity (Wildman–Crippen MR) is 116 cm³/mol. The number of carbonyl (C=O) groups is 1. The standard InChI is InChI=1S/C23H21F4N5O/c1-31-12-18(11-29-31)19-4-6-28-10-16(19)2-3-22(33)30-21-9-15-5-7-32(14-23(25,26)27)13-17(15)8-20(21)24/h2-4,6,8-12H,5,7,13-14H2,1H3,(H,30,33). The summed E-state index contributed by atoms with van der Waals surface area (Å²) in [4.78, 5) is 17.8. The predicted octanol–water partition coefficient (Wildman–Crippen LogP) is 4.19. The summed E-state index contributed by atoms with van der Waals surface area (Å²) in [5, 5.41) is 6.66. The van der Waals surface area contributed by atoms with E-state index >= 15 is 0 Å². The Labute approximate surface area is 187 Å². The summed E-state index contributed by atoms with van der Waals surface area (Å²) in [5.41, 5.74) is 3.60. The van der Waals surface area contributed by atoms with Crippen LogP contribution in [-0.4, -0.2) is 44.8 Å². The van der Waals surface area contributed by atoms with Crippen LogP contribution in [0.2, 0.25) is 0 Å². The van der Waals surface area contributed by atoms with E-state index < -0.39 is 24.4 Å². The number of rotatable bonds is 5. The van der Waals surface area contributed by atoms with Crippen molar-refractivity contribution in [1.82, 2.24) is 19.7 Å². The van der Waals surface area contributed by atoms with Gasteiger partial charge in [-0.25, -0.2) is 4.39 Å². The summed E-state index contributed by atoms with van der Waals surface area (Å²) in [6.07, 6.45) is 5.68. The van der Waals surface area contributed by atoms with Gasteiger partial charge in [-0.05, 0) is 47.4 Å². The maximum Gasteiger partial charge on any atom is 0.401 e. The normalized spacial score (nSPS) is 14.5. The molecule has 0 radical (unpaired) electrons. The van der Waals surface area contributed by atoms with Crippen LogP contribution in [0.5, 0.6) is 0 Å². The van der Waals surface area contributed by atoms with E-state index in [1.54, 1.807) is 42.5 Å². The van der Waals surface area contributed by atoms with Gasteiger partial charge < -0.3 is 5.32 Å². The number of anilines is 1. The van der Waals surface area contributed by atoms with Crippen LogP contribution in [0, 0.1) is 5.82 Å². The third-order valence-corrected chi connectivity index (χ3v) is 5.32. The zero-order chi connectivity index (χ0) is 23.6. The monoisotopic (exact) mass is 459 g/mol. The molecule has 3 aromatic rings. The van der Waals surface area contributed by atoms with Gasteiger partial charge >= 0.3 is 6.18 Å². The van der Waals surface area contributed by atoms with Crippen molar-refractivity contribution in [3.05, 3.63) is 71.6 Å². The van der Waals surface area contributed by atoms with Gasteiger partial charge in [-0.2, -0.15) is 18.3 Å². The molecule has 0 spiro atoms. The van der Waals surface area contributed by atoms with Gasteiger partial charge in [0.15, 0.2) is 0 Å². The fraction of sp³-hybridized carbons (Fsp3) is 0.261. The lowest BCUT2D eigenvalue weighted by Crippen LogP contribution is -2.38. The second-order valence-corrected chi connectivity index (χ2v) is 7.86. The molecule has 33 heavy (non-hydrogen) atoms. The smallest absolute Gasteiger partial charge is 0.320 e. The first-order chi connectivity index (χ1) is 15.7. The Bertz CT molecular complexity index is 1200. The molecule has 3 heterocycles. The topological polar surface area (TPSA) is 63.1 Å². The molecule has 0 atom stereocenters. The Balaban J connectivity index is 1.47. The van der Waals surface area contributed by atoms with Crippen LogP contribution in [0.25, 0.3) is 17.2 Å². The number of pyridine rings is 1. The fourth-order valence-electron chi connectivity index (χ4n) is 3.82. The summed E-state index contributed by atoms with van der Waals surface area (Å²) in [7, 11) is 1.80. The third kappa shape index (κ3) is 5.64. The molecule has 10 heteroatoms. The molecule has 2 aromatic heterocycles. The van der Waals surface area contributed by atoms with E-state index in [1.807, 2.05) is 6.20 Å². The number of halogens is 4. The minimum Gasteiger partial charge on any atom is -0.320 e. The first-order valence-electron chi connectivity index (χ1n) is 10.2. The van der Waals surface area contributed by atoms with Crippen molar-refractivity contribution in [2.75, 3.05) is 18.4 Å². The number of aromatic nitrogens is 3. The van der Waals surface area contributed by atoms with E-state index in [9.17, 15) is 22.4 Å². The number of amides is 1. The Hall–Kier alpha value is -3.53. The molecule has 0 bridgehead atoms. The van der Waals surface area contributed by atoms with Crippen LogP contribution in [0.4, 0.5) is 23.2 Å². The van der Waals surface area contributed by atoms with Gasteiger partial charge in [0.05, 0.1) is 18.4 Å². The van der Waals surface area contributed by atoms with Gasteiger partial charge in [-0.15, -0.1) is 0 Å². The molecule has 0 fully saturated rings. The van der Waals surface area contributed by atoms with Gasteiger partial charge in [0.25, 0.3) is 0 Å². The maximum atomic E-state index is 14.6. The molecule has 4 rings (SSSR count). The van der Waals surface area contributed by atoms with Crippen LogP contribution < -0.4 is 5.32 Å². The van der Waals surface area contributed by atoms with E-state index in [0.29, 0.717) is 17.5 Å². The Morgan fingerprint density at radius 3 is 2.79 bits per heavy atom. The van der Waals surface area contributed by atoms with E-state index in [4.69, 9.17) is 0 Å². The zero-order valence-corrected chi connectivity index (χ0v) is 17.7. The first kappa shape index (κ1) is 22.7. The largest absolute Gasteiger partial charge is 0.401 e. The molecule has 1 aromatic carbocycles. The van der Waals surface area contributed by atoms with E-state index in [2.05, 4.69) is 15.4 Å².